The lowest BCUT2D eigenvalue weighted by Gasteiger charge is -2.22. The maximum Gasteiger partial charge on any atom is 0.332 e. The van der Waals surface area contributed by atoms with Crippen LogP contribution >= 0.6 is 7.60 Å². The molecule has 0 N–H and O–H groups in total. The molecule has 0 bridgehead atoms. The second kappa shape index (κ2) is 16.0. The van der Waals surface area contributed by atoms with Crippen molar-refractivity contribution in [1.82, 2.24) is 0 Å². The number of hydrogen-bond donors (Lipinski definition) is 0. The SMILES string of the molecule is CCOP(=O)(CCOCCOCCOCCOC1CCCCO1)OCC. The predicted molar refractivity (Wildman–Crippen MR) is 97.7 cm³/mol. The summed E-state index contributed by atoms with van der Waals surface area (Å²) in [6.07, 6.45) is 3.43. The highest BCUT2D eigenvalue weighted by molar-refractivity contribution is 7.53. The normalized spacial score (nSPS) is 18.3. The number of ether oxygens (including phenoxy) is 5. The Bertz CT molecular complexity index is 353. The molecule has 0 aromatic rings. The lowest BCUT2D eigenvalue weighted by atomic mass is 10.2. The van der Waals surface area contributed by atoms with Crippen LogP contribution in [-0.4, -0.2) is 78.5 Å². The van der Waals surface area contributed by atoms with E-state index in [-0.39, 0.29) is 12.5 Å². The molecule has 0 spiro atoms. The summed E-state index contributed by atoms with van der Waals surface area (Å²) in [6.45, 7) is 8.38. The number of hydrogen-bond acceptors (Lipinski definition) is 8. The lowest BCUT2D eigenvalue weighted by Crippen LogP contribution is -2.24. The van der Waals surface area contributed by atoms with Crippen LogP contribution in [0.5, 0.6) is 0 Å². The third-order valence-electron chi connectivity index (χ3n) is 3.57. The largest absolute Gasteiger partial charge is 0.378 e. The molecule has 1 unspecified atom stereocenters. The first-order valence-electron chi connectivity index (χ1n) is 9.54. The van der Waals surface area contributed by atoms with E-state index in [4.69, 9.17) is 32.7 Å². The van der Waals surface area contributed by atoms with E-state index in [9.17, 15) is 4.57 Å². The van der Waals surface area contributed by atoms with Crippen molar-refractivity contribution in [3.63, 3.8) is 0 Å². The fraction of sp³-hybridized carbons (Fsp3) is 1.00. The molecule has 0 aromatic carbocycles. The van der Waals surface area contributed by atoms with Gasteiger partial charge in [0.25, 0.3) is 0 Å². The average Bonchev–Trinajstić information content (AvgIpc) is 2.64. The van der Waals surface area contributed by atoms with Gasteiger partial charge in [0, 0.05) is 6.61 Å². The average molecular weight is 398 g/mol. The summed E-state index contributed by atoms with van der Waals surface area (Å²) in [5.74, 6) is 0. The highest BCUT2D eigenvalue weighted by atomic mass is 31.2. The Morgan fingerprint density at radius 1 is 0.846 bits per heavy atom. The number of rotatable bonds is 17. The van der Waals surface area contributed by atoms with Crippen LogP contribution in [0, 0.1) is 0 Å². The second-order valence-electron chi connectivity index (χ2n) is 5.67. The van der Waals surface area contributed by atoms with Crippen molar-refractivity contribution in [3.05, 3.63) is 0 Å². The van der Waals surface area contributed by atoms with Crippen molar-refractivity contribution < 1.29 is 37.3 Å². The van der Waals surface area contributed by atoms with Gasteiger partial charge in [-0.05, 0) is 33.1 Å². The van der Waals surface area contributed by atoms with E-state index in [1.54, 1.807) is 13.8 Å². The summed E-state index contributed by atoms with van der Waals surface area (Å²) < 4.78 is 49.8. The fourth-order valence-electron chi connectivity index (χ4n) is 2.36. The molecule has 1 rings (SSSR count). The first-order valence-corrected chi connectivity index (χ1v) is 11.3. The minimum absolute atomic E-state index is 0.0680. The van der Waals surface area contributed by atoms with E-state index < -0.39 is 7.60 Å². The van der Waals surface area contributed by atoms with Gasteiger partial charge in [-0.3, -0.25) is 4.57 Å². The molecule has 9 heteroatoms. The highest BCUT2D eigenvalue weighted by Crippen LogP contribution is 2.47. The van der Waals surface area contributed by atoms with Crippen LogP contribution < -0.4 is 0 Å². The summed E-state index contributed by atoms with van der Waals surface area (Å²) in [5, 5.41) is 0. The monoisotopic (exact) mass is 398 g/mol. The van der Waals surface area contributed by atoms with Crippen LogP contribution in [0.1, 0.15) is 33.1 Å². The van der Waals surface area contributed by atoms with Gasteiger partial charge in [0.05, 0.1) is 65.6 Å². The van der Waals surface area contributed by atoms with Crippen LogP contribution in [0.4, 0.5) is 0 Å². The van der Waals surface area contributed by atoms with Crippen molar-refractivity contribution in [2.75, 3.05) is 72.2 Å². The Labute approximate surface area is 157 Å². The smallest absolute Gasteiger partial charge is 0.332 e. The summed E-state index contributed by atoms with van der Waals surface area (Å²) >= 11 is 0. The van der Waals surface area contributed by atoms with Gasteiger partial charge in [0.15, 0.2) is 6.29 Å². The molecule has 1 heterocycles. The van der Waals surface area contributed by atoms with Gasteiger partial charge in [-0.15, -0.1) is 0 Å². The summed E-state index contributed by atoms with van der Waals surface area (Å²) in [6, 6.07) is 0. The molecule has 156 valence electrons. The minimum atomic E-state index is -3.01. The van der Waals surface area contributed by atoms with E-state index in [1.807, 2.05) is 0 Å². The summed E-state index contributed by atoms with van der Waals surface area (Å²) in [4.78, 5) is 0. The Hall–Kier alpha value is -0.0500. The van der Waals surface area contributed by atoms with Crippen LogP contribution in [0.2, 0.25) is 0 Å². The maximum atomic E-state index is 12.2. The first kappa shape index (κ1) is 24.0. The summed E-state index contributed by atoms with van der Waals surface area (Å²) in [7, 11) is -3.01. The molecule has 0 aliphatic carbocycles. The van der Waals surface area contributed by atoms with Gasteiger partial charge in [-0.25, -0.2) is 0 Å². The molecule has 0 amide bonds. The van der Waals surface area contributed by atoms with Crippen LogP contribution in [-0.2, 0) is 37.3 Å². The molecular weight excluding hydrogens is 363 g/mol. The van der Waals surface area contributed by atoms with Crippen molar-refractivity contribution in [1.29, 1.82) is 0 Å². The van der Waals surface area contributed by atoms with Crippen molar-refractivity contribution in [2.45, 2.75) is 39.4 Å². The minimum Gasteiger partial charge on any atom is -0.378 e. The van der Waals surface area contributed by atoms with Crippen LogP contribution in [0.3, 0.4) is 0 Å². The lowest BCUT2D eigenvalue weighted by molar-refractivity contribution is -0.169. The van der Waals surface area contributed by atoms with E-state index in [0.29, 0.717) is 59.5 Å². The van der Waals surface area contributed by atoms with E-state index >= 15 is 0 Å². The quantitative estimate of drug-likeness (QED) is 0.273. The molecule has 1 saturated heterocycles. The molecule has 0 radical (unpaired) electrons. The van der Waals surface area contributed by atoms with Gasteiger partial charge in [0.1, 0.15) is 0 Å². The molecule has 1 aliphatic rings. The summed E-state index contributed by atoms with van der Waals surface area (Å²) in [5.41, 5.74) is 0. The Morgan fingerprint density at radius 2 is 1.42 bits per heavy atom. The van der Waals surface area contributed by atoms with Gasteiger partial charge in [-0.2, -0.15) is 0 Å². The fourth-order valence-corrected chi connectivity index (χ4v) is 3.83. The third-order valence-corrected chi connectivity index (χ3v) is 5.61. The Balaban J connectivity index is 1.83. The molecule has 0 saturated carbocycles. The molecule has 0 aromatic heterocycles. The maximum absolute atomic E-state index is 12.2. The zero-order valence-corrected chi connectivity index (χ0v) is 17.1. The zero-order chi connectivity index (χ0) is 18.9. The van der Waals surface area contributed by atoms with Crippen molar-refractivity contribution in [3.8, 4) is 0 Å². The van der Waals surface area contributed by atoms with E-state index in [2.05, 4.69) is 0 Å². The highest BCUT2D eigenvalue weighted by Gasteiger charge is 2.22. The third kappa shape index (κ3) is 12.4. The van der Waals surface area contributed by atoms with Crippen molar-refractivity contribution in [2.24, 2.45) is 0 Å². The van der Waals surface area contributed by atoms with Gasteiger partial charge in [-0.1, -0.05) is 0 Å². The standard InChI is InChI=1S/C17H35O8P/c1-3-24-26(18,25-4-2)16-15-21-12-11-19-9-10-20-13-14-23-17-7-5-6-8-22-17/h17H,3-16H2,1-2H3. The van der Waals surface area contributed by atoms with Gasteiger partial charge >= 0.3 is 7.60 Å². The van der Waals surface area contributed by atoms with Gasteiger partial charge in [0.2, 0.25) is 0 Å². The Kier molecular flexibility index (Phi) is 14.7. The Morgan fingerprint density at radius 3 is 1.96 bits per heavy atom. The molecule has 26 heavy (non-hydrogen) atoms. The first-order chi connectivity index (χ1) is 12.7. The van der Waals surface area contributed by atoms with E-state index in [1.165, 1.54) is 0 Å². The predicted octanol–water partition coefficient (Wildman–Crippen LogP) is 2.85. The van der Waals surface area contributed by atoms with E-state index in [0.717, 1.165) is 25.9 Å². The topological polar surface area (TPSA) is 81.7 Å². The van der Waals surface area contributed by atoms with Crippen LogP contribution in [0.25, 0.3) is 0 Å². The molecule has 1 fully saturated rings. The molecule has 8 nitrogen and oxygen atoms in total. The van der Waals surface area contributed by atoms with Crippen LogP contribution in [0.15, 0.2) is 0 Å². The zero-order valence-electron chi connectivity index (χ0n) is 16.2. The van der Waals surface area contributed by atoms with Gasteiger partial charge < -0.3 is 32.7 Å². The molecule has 1 aliphatic heterocycles. The molecular formula is C17H35O8P. The second-order valence-corrected chi connectivity index (χ2v) is 7.86. The molecule has 1 atom stereocenters. The van der Waals surface area contributed by atoms with Crippen molar-refractivity contribution >= 4 is 7.60 Å².